The molecule has 1 amide bonds. The van der Waals surface area contributed by atoms with E-state index in [-0.39, 0.29) is 11.6 Å². The summed E-state index contributed by atoms with van der Waals surface area (Å²) in [5.74, 6) is 1.27. The van der Waals surface area contributed by atoms with E-state index in [0.29, 0.717) is 18.2 Å². The van der Waals surface area contributed by atoms with Gasteiger partial charge in [0.25, 0.3) is 5.69 Å². The van der Waals surface area contributed by atoms with Crippen molar-refractivity contribution in [2.24, 2.45) is 0 Å². The average molecular weight is 422 g/mol. The summed E-state index contributed by atoms with van der Waals surface area (Å²) in [6, 6.07) is 12.1. The van der Waals surface area contributed by atoms with Crippen LogP contribution in [-0.2, 0) is 4.79 Å². The summed E-state index contributed by atoms with van der Waals surface area (Å²) >= 11 is 0. The number of nitrogens with one attached hydrogen (secondary N) is 1. The molecule has 1 fully saturated rings. The minimum atomic E-state index is -0.445. The average Bonchev–Trinajstić information content (AvgIpc) is 3.22. The number of benzene rings is 2. The normalized spacial score (nSPS) is 15.2. The zero-order chi connectivity index (χ0) is 22.0. The maximum absolute atomic E-state index is 12.7. The monoisotopic (exact) mass is 422 g/mol. The van der Waals surface area contributed by atoms with E-state index in [0.717, 1.165) is 37.2 Å². The van der Waals surface area contributed by atoms with Crippen molar-refractivity contribution in [3.63, 3.8) is 0 Å². The zero-order valence-electron chi connectivity index (χ0n) is 17.7. The van der Waals surface area contributed by atoms with Crippen LogP contribution in [0.3, 0.4) is 0 Å². The molecule has 0 radical (unpaired) electrons. The van der Waals surface area contributed by atoms with Crippen molar-refractivity contribution in [3.8, 4) is 5.75 Å². The number of nitro groups is 1. The predicted octanol–water partition coefficient (Wildman–Crippen LogP) is 3.93. The molecule has 1 saturated heterocycles. The smallest absolute Gasteiger partial charge is 0.269 e. The highest BCUT2D eigenvalue weighted by Gasteiger charge is 2.25. The number of non-ortho nitro benzene ring substituents is 1. The highest BCUT2D eigenvalue weighted by molar-refractivity contribution is 5.94. The highest BCUT2D eigenvalue weighted by Crippen LogP contribution is 2.34. The number of nitro benzene ring substituents is 1. The number of aromatic nitrogens is 1. The van der Waals surface area contributed by atoms with Crippen LogP contribution < -0.4 is 9.64 Å². The minimum Gasteiger partial charge on any atom is -0.497 e. The van der Waals surface area contributed by atoms with Crippen molar-refractivity contribution in [3.05, 3.63) is 64.3 Å². The van der Waals surface area contributed by atoms with Gasteiger partial charge in [-0.2, -0.15) is 0 Å². The van der Waals surface area contributed by atoms with Crippen molar-refractivity contribution in [1.29, 1.82) is 0 Å². The van der Waals surface area contributed by atoms with Gasteiger partial charge in [0.05, 0.1) is 18.6 Å². The van der Waals surface area contributed by atoms with E-state index in [1.165, 1.54) is 23.1 Å². The molecule has 0 spiro atoms. The Morgan fingerprint density at radius 3 is 2.58 bits per heavy atom. The number of hydrogen-bond donors (Lipinski definition) is 1. The molecule has 1 aromatic heterocycles. The maximum Gasteiger partial charge on any atom is 0.269 e. The molecule has 162 valence electrons. The molecule has 0 bridgehead atoms. The van der Waals surface area contributed by atoms with Gasteiger partial charge in [-0.15, -0.1) is 0 Å². The summed E-state index contributed by atoms with van der Waals surface area (Å²) in [4.78, 5) is 30.2. The molecule has 0 unspecified atom stereocenters. The van der Waals surface area contributed by atoms with E-state index in [1.807, 2.05) is 12.1 Å². The SMILES string of the molecule is COc1ccc2[nH]cc(C3CCN(CC(=O)N(C)c4ccc([N+](=O)[O-])cc4)CC3)c2c1. The number of amides is 1. The van der Waals surface area contributed by atoms with Gasteiger partial charge in [-0.3, -0.25) is 19.8 Å². The summed E-state index contributed by atoms with van der Waals surface area (Å²) in [6.45, 7) is 2.03. The van der Waals surface area contributed by atoms with E-state index < -0.39 is 4.92 Å². The third-order valence-corrected chi connectivity index (χ3v) is 6.13. The van der Waals surface area contributed by atoms with Gasteiger partial charge in [0.1, 0.15) is 5.75 Å². The fraction of sp³-hybridized carbons (Fsp3) is 0.348. The number of carbonyl (C=O) groups is 1. The molecule has 0 atom stereocenters. The van der Waals surface area contributed by atoms with E-state index in [9.17, 15) is 14.9 Å². The number of carbonyl (C=O) groups excluding carboxylic acids is 1. The topological polar surface area (TPSA) is 91.7 Å². The lowest BCUT2D eigenvalue weighted by atomic mass is 9.89. The van der Waals surface area contributed by atoms with Crippen LogP contribution in [0.2, 0.25) is 0 Å². The largest absolute Gasteiger partial charge is 0.497 e. The molecule has 1 N–H and O–H groups in total. The molecule has 1 aliphatic rings. The second kappa shape index (κ2) is 8.77. The van der Waals surface area contributed by atoms with E-state index in [1.54, 1.807) is 31.2 Å². The lowest BCUT2D eigenvalue weighted by molar-refractivity contribution is -0.384. The van der Waals surface area contributed by atoms with Crippen LogP contribution in [0.4, 0.5) is 11.4 Å². The Kier molecular flexibility index (Phi) is 5.90. The van der Waals surface area contributed by atoms with Crippen LogP contribution in [-0.4, -0.2) is 54.5 Å². The van der Waals surface area contributed by atoms with Gasteiger partial charge < -0.3 is 14.6 Å². The Hall–Kier alpha value is -3.39. The van der Waals surface area contributed by atoms with Crippen molar-refractivity contribution in [1.82, 2.24) is 9.88 Å². The molecular formula is C23H26N4O4. The third kappa shape index (κ3) is 4.39. The highest BCUT2D eigenvalue weighted by atomic mass is 16.6. The number of methoxy groups -OCH3 is 1. The van der Waals surface area contributed by atoms with Crippen molar-refractivity contribution in [2.45, 2.75) is 18.8 Å². The summed E-state index contributed by atoms with van der Waals surface area (Å²) in [6.07, 6.45) is 4.06. The molecule has 0 aliphatic carbocycles. The first-order chi connectivity index (χ1) is 15.0. The van der Waals surface area contributed by atoms with Gasteiger partial charge >= 0.3 is 0 Å². The zero-order valence-corrected chi connectivity index (χ0v) is 17.7. The van der Waals surface area contributed by atoms with E-state index in [2.05, 4.69) is 22.1 Å². The van der Waals surface area contributed by atoms with Crippen molar-refractivity contribution in [2.75, 3.05) is 38.7 Å². The van der Waals surface area contributed by atoms with Crippen LogP contribution in [0.25, 0.3) is 10.9 Å². The number of ether oxygens (including phenoxy) is 1. The molecule has 2 heterocycles. The van der Waals surface area contributed by atoms with Gasteiger partial charge in [-0.05, 0) is 67.7 Å². The van der Waals surface area contributed by atoms with Gasteiger partial charge in [0, 0.05) is 42.0 Å². The summed E-state index contributed by atoms with van der Waals surface area (Å²) in [5.41, 5.74) is 3.08. The quantitative estimate of drug-likeness (QED) is 0.480. The Morgan fingerprint density at radius 2 is 1.94 bits per heavy atom. The lowest BCUT2D eigenvalue weighted by Crippen LogP contribution is -2.42. The van der Waals surface area contributed by atoms with Crippen molar-refractivity contribution < 1.29 is 14.5 Å². The number of H-pyrrole nitrogens is 1. The molecule has 2 aromatic carbocycles. The summed E-state index contributed by atoms with van der Waals surface area (Å²) < 4.78 is 5.37. The number of rotatable bonds is 6. The number of piperidine rings is 1. The Morgan fingerprint density at radius 1 is 1.23 bits per heavy atom. The van der Waals surface area contributed by atoms with Crippen LogP contribution in [0.15, 0.2) is 48.7 Å². The standard InChI is InChI=1S/C23H26N4O4/c1-25(17-3-5-18(6-4-17)27(29)30)23(28)15-26-11-9-16(10-12-26)21-14-24-22-8-7-19(31-2)13-20(21)22/h3-8,13-14,16,24H,9-12,15H2,1-2H3. The maximum atomic E-state index is 12.7. The molecule has 8 nitrogen and oxygen atoms in total. The molecule has 31 heavy (non-hydrogen) atoms. The Bertz CT molecular complexity index is 1080. The summed E-state index contributed by atoms with van der Waals surface area (Å²) in [7, 11) is 3.38. The summed E-state index contributed by atoms with van der Waals surface area (Å²) in [5, 5.41) is 12.0. The molecule has 4 rings (SSSR count). The fourth-order valence-electron chi connectivity index (χ4n) is 4.23. The van der Waals surface area contributed by atoms with Crippen molar-refractivity contribution >= 4 is 28.2 Å². The second-order valence-electron chi connectivity index (χ2n) is 7.93. The molecule has 1 aliphatic heterocycles. The van der Waals surface area contributed by atoms with Gasteiger partial charge in [0.15, 0.2) is 0 Å². The molecular weight excluding hydrogens is 396 g/mol. The first-order valence-electron chi connectivity index (χ1n) is 10.3. The number of likely N-dealkylation sites (tertiary alicyclic amines) is 1. The first kappa shape index (κ1) is 20.9. The van der Waals surface area contributed by atoms with Crippen LogP contribution in [0.1, 0.15) is 24.3 Å². The third-order valence-electron chi connectivity index (χ3n) is 6.13. The number of likely N-dealkylation sites (N-methyl/N-ethyl adjacent to an activating group) is 1. The first-order valence-corrected chi connectivity index (χ1v) is 10.3. The Labute approximate surface area is 180 Å². The number of hydrogen-bond acceptors (Lipinski definition) is 5. The van der Waals surface area contributed by atoms with Gasteiger partial charge in [0.2, 0.25) is 5.91 Å². The van der Waals surface area contributed by atoms with Gasteiger partial charge in [-0.25, -0.2) is 0 Å². The van der Waals surface area contributed by atoms with Crippen LogP contribution in [0.5, 0.6) is 5.75 Å². The van der Waals surface area contributed by atoms with E-state index >= 15 is 0 Å². The van der Waals surface area contributed by atoms with E-state index in [4.69, 9.17) is 4.74 Å². The molecule has 0 saturated carbocycles. The number of nitrogens with zero attached hydrogens (tertiary/aromatic N) is 3. The predicted molar refractivity (Wildman–Crippen MR) is 120 cm³/mol. The van der Waals surface area contributed by atoms with Crippen LogP contribution >= 0.6 is 0 Å². The van der Waals surface area contributed by atoms with Gasteiger partial charge in [-0.1, -0.05) is 0 Å². The second-order valence-corrected chi connectivity index (χ2v) is 7.93. The lowest BCUT2D eigenvalue weighted by Gasteiger charge is -2.32. The number of aromatic amines is 1. The minimum absolute atomic E-state index is 0.0153. The van der Waals surface area contributed by atoms with Crippen LogP contribution in [0, 0.1) is 10.1 Å². The molecule has 3 aromatic rings. The number of fused-ring (bicyclic) bond motifs is 1. The Balaban J connectivity index is 1.36. The fourth-order valence-corrected chi connectivity index (χ4v) is 4.23. The number of anilines is 1. The molecule has 8 heteroatoms.